The summed E-state index contributed by atoms with van der Waals surface area (Å²) < 4.78 is 9.89. The van der Waals surface area contributed by atoms with E-state index in [0.29, 0.717) is 6.10 Å². The fourth-order valence-electron chi connectivity index (χ4n) is 1.57. The molecule has 0 bridgehead atoms. The van der Waals surface area contributed by atoms with Crippen LogP contribution in [0.15, 0.2) is 12.2 Å². The number of unbranched alkanes of at least 4 members (excludes halogenated alkanes) is 3. The van der Waals surface area contributed by atoms with Crippen molar-refractivity contribution in [3.8, 4) is 0 Å². The number of hydrogen-bond acceptors (Lipinski definition) is 3. The highest BCUT2D eigenvalue weighted by atomic mass is 16.6. The number of carbonyl (C=O) groups is 1. The lowest BCUT2D eigenvalue weighted by Crippen LogP contribution is -1.96. The maximum absolute atomic E-state index is 10.8. The van der Waals surface area contributed by atoms with Crippen LogP contribution in [0.4, 0.5) is 0 Å². The quantitative estimate of drug-likeness (QED) is 0.281. The van der Waals surface area contributed by atoms with Crippen molar-refractivity contribution in [2.45, 2.75) is 51.2 Å². The largest absolute Gasteiger partial charge is 0.466 e. The van der Waals surface area contributed by atoms with Gasteiger partial charge in [-0.25, -0.2) is 4.79 Å². The molecule has 0 amide bonds. The van der Waals surface area contributed by atoms with Crippen LogP contribution in [0.5, 0.6) is 0 Å². The molecule has 15 heavy (non-hydrogen) atoms. The van der Waals surface area contributed by atoms with Gasteiger partial charge in [-0.15, -0.1) is 0 Å². The van der Waals surface area contributed by atoms with Crippen molar-refractivity contribution in [2.75, 3.05) is 7.11 Å². The summed E-state index contributed by atoms with van der Waals surface area (Å²) in [7, 11) is 1.38. The predicted octanol–water partition coefficient (Wildman–Crippen LogP) is 2.45. The van der Waals surface area contributed by atoms with Gasteiger partial charge in [-0.2, -0.15) is 0 Å². The van der Waals surface area contributed by atoms with Gasteiger partial charge in [0.25, 0.3) is 0 Å². The third-order valence-electron chi connectivity index (χ3n) is 2.59. The highest BCUT2D eigenvalue weighted by Crippen LogP contribution is 2.28. The van der Waals surface area contributed by atoms with E-state index >= 15 is 0 Å². The molecule has 0 aromatic carbocycles. The predicted molar refractivity (Wildman–Crippen MR) is 58.6 cm³/mol. The van der Waals surface area contributed by atoms with Crippen molar-refractivity contribution in [3.63, 3.8) is 0 Å². The number of methoxy groups -OCH3 is 1. The SMILES string of the molecule is CCCCCC[C@H]1O[C@H]1/C=C/C(=O)OC. The fourth-order valence-corrected chi connectivity index (χ4v) is 1.57. The summed E-state index contributed by atoms with van der Waals surface area (Å²) in [5.41, 5.74) is 0. The van der Waals surface area contributed by atoms with Gasteiger partial charge in [0, 0.05) is 6.08 Å². The number of ether oxygens (including phenoxy) is 2. The second kappa shape index (κ2) is 6.62. The van der Waals surface area contributed by atoms with Gasteiger partial charge in [0.1, 0.15) is 6.10 Å². The lowest BCUT2D eigenvalue weighted by molar-refractivity contribution is -0.134. The minimum atomic E-state index is -0.310. The Morgan fingerprint density at radius 2 is 2.20 bits per heavy atom. The van der Waals surface area contributed by atoms with Crippen molar-refractivity contribution < 1.29 is 14.3 Å². The van der Waals surface area contributed by atoms with E-state index in [4.69, 9.17) is 4.74 Å². The minimum absolute atomic E-state index is 0.144. The Labute approximate surface area is 91.4 Å². The molecule has 0 aromatic heterocycles. The number of rotatable bonds is 7. The van der Waals surface area contributed by atoms with Crippen LogP contribution in [0.1, 0.15) is 39.0 Å². The molecular formula is C12H20O3. The van der Waals surface area contributed by atoms with E-state index in [1.54, 1.807) is 6.08 Å². The standard InChI is InChI=1S/C12H20O3/c1-3-4-5-6-7-10-11(15-10)8-9-12(13)14-2/h8-11H,3-7H2,1-2H3/b9-8+/t10-,11+/m1/s1. The Balaban J connectivity index is 2.02. The number of hydrogen-bond donors (Lipinski definition) is 0. The molecule has 1 saturated heterocycles. The average Bonchev–Trinajstić information content (AvgIpc) is 3.00. The molecule has 1 fully saturated rings. The van der Waals surface area contributed by atoms with Crippen molar-refractivity contribution in [1.82, 2.24) is 0 Å². The molecule has 1 aliphatic heterocycles. The molecule has 0 unspecified atom stereocenters. The van der Waals surface area contributed by atoms with E-state index in [1.807, 2.05) is 0 Å². The molecular weight excluding hydrogens is 192 g/mol. The van der Waals surface area contributed by atoms with Crippen molar-refractivity contribution in [2.24, 2.45) is 0 Å². The van der Waals surface area contributed by atoms with E-state index in [9.17, 15) is 4.79 Å². The molecule has 0 spiro atoms. The Morgan fingerprint density at radius 1 is 1.40 bits per heavy atom. The first kappa shape index (κ1) is 12.2. The first-order valence-electron chi connectivity index (χ1n) is 5.69. The topological polar surface area (TPSA) is 38.8 Å². The Morgan fingerprint density at radius 3 is 2.87 bits per heavy atom. The molecule has 0 saturated carbocycles. The first-order chi connectivity index (χ1) is 7.27. The fraction of sp³-hybridized carbons (Fsp3) is 0.750. The highest BCUT2D eigenvalue weighted by Gasteiger charge is 2.35. The maximum atomic E-state index is 10.8. The molecule has 0 aliphatic carbocycles. The summed E-state index contributed by atoms with van der Waals surface area (Å²) in [4.78, 5) is 10.8. The van der Waals surface area contributed by atoms with Crippen molar-refractivity contribution >= 4 is 5.97 Å². The highest BCUT2D eigenvalue weighted by molar-refractivity contribution is 5.81. The minimum Gasteiger partial charge on any atom is -0.466 e. The number of carbonyl (C=O) groups excluding carboxylic acids is 1. The summed E-state index contributed by atoms with van der Waals surface area (Å²) in [6, 6.07) is 0. The second-order valence-electron chi connectivity index (χ2n) is 3.87. The van der Waals surface area contributed by atoms with Crippen LogP contribution in [0.2, 0.25) is 0 Å². The van der Waals surface area contributed by atoms with E-state index < -0.39 is 0 Å². The Kier molecular flexibility index (Phi) is 5.40. The summed E-state index contributed by atoms with van der Waals surface area (Å²) >= 11 is 0. The van der Waals surface area contributed by atoms with Crippen LogP contribution in [0.25, 0.3) is 0 Å². The van der Waals surface area contributed by atoms with Gasteiger partial charge in [0.05, 0.1) is 13.2 Å². The summed E-state index contributed by atoms with van der Waals surface area (Å²) in [6.07, 6.45) is 9.88. The third-order valence-corrected chi connectivity index (χ3v) is 2.59. The molecule has 1 heterocycles. The Hall–Kier alpha value is -0.830. The van der Waals surface area contributed by atoms with Crippen LogP contribution in [0.3, 0.4) is 0 Å². The molecule has 1 aliphatic rings. The molecule has 3 heteroatoms. The van der Waals surface area contributed by atoms with Gasteiger partial charge in [-0.05, 0) is 12.5 Å². The third kappa shape index (κ3) is 4.98. The number of esters is 1. The molecule has 2 atom stereocenters. The van der Waals surface area contributed by atoms with Gasteiger partial charge in [0.15, 0.2) is 0 Å². The lowest BCUT2D eigenvalue weighted by atomic mass is 10.1. The monoisotopic (exact) mass is 212 g/mol. The first-order valence-corrected chi connectivity index (χ1v) is 5.69. The van der Waals surface area contributed by atoms with Crippen LogP contribution in [0, 0.1) is 0 Å². The van der Waals surface area contributed by atoms with Crippen molar-refractivity contribution in [3.05, 3.63) is 12.2 Å². The maximum Gasteiger partial charge on any atom is 0.330 e. The zero-order chi connectivity index (χ0) is 11.1. The molecule has 0 aromatic rings. The smallest absolute Gasteiger partial charge is 0.330 e. The van der Waals surface area contributed by atoms with Crippen LogP contribution in [-0.4, -0.2) is 25.3 Å². The molecule has 86 valence electrons. The average molecular weight is 212 g/mol. The zero-order valence-corrected chi connectivity index (χ0v) is 9.57. The van der Waals surface area contributed by atoms with Gasteiger partial charge < -0.3 is 9.47 Å². The molecule has 0 N–H and O–H groups in total. The van der Waals surface area contributed by atoms with Crippen LogP contribution < -0.4 is 0 Å². The van der Waals surface area contributed by atoms with E-state index in [2.05, 4.69) is 11.7 Å². The van der Waals surface area contributed by atoms with Crippen LogP contribution >= 0.6 is 0 Å². The summed E-state index contributed by atoms with van der Waals surface area (Å²) in [5.74, 6) is -0.310. The number of epoxide rings is 1. The zero-order valence-electron chi connectivity index (χ0n) is 9.57. The molecule has 0 radical (unpaired) electrons. The lowest BCUT2D eigenvalue weighted by Gasteiger charge is -1.94. The normalized spacial score (nSPS) is 24.4. The summed E-state index contributed by atoms with van der Waals surface area (Å²) in [5, 5.41) is 0. The van der Waals surface area contributed by atoms with Gasteiger partial charge in [-0.3, -0.25) is 0 Å². The molecule has 3 nitrogen and oxygen atoms in total. The summed E-state index contributed by atoms with van der Waals surface area (Å²) in [6.45, 7) is 2.20. The van der Waals surface area contributed by atoms with E-state index in [0.717, 1.165) is 6.42 Å². The van der Waals surface area contributed by atoms with Crippen molar-refractivity contribution in [1.29, 1.82) is 0 Å². The van der Waals surface area contributed by atoms with E-state index in [1.165, 1.54) is 38.9 Å². The second-order valence-corrected chi connectivity index (χ2v) is 3.87. The molecule has 1 rings (SSSR count). The van der Waals surface area contributed by atoms with Gasteiger partial charge in [0.2, 0.25) is 0 Å². The Bertz CT molecular complexity index is 223. The van der Waals surface area contributed by atoms with Gasteiger partial charge >= 0.3 is 5.97 Å². The van der Waals surface area contributed by atoms with Gasteiger partial charge in [-0.1, -0.05) is 32.6 Å². The van der Waals surface area contributed by atoms with Crippen LogP contribution in [-0.2, 0) is 14.3 Å². The van der Waals surface area contributed by atoms with E-state index in [-0.39, 0.29) is 12.1 Å².